The first-order valence-electron chi connectivity index (χ1n) is 8.68. The molecule has 5 nitrogen and oxygen atoms in total. The van der Waals surface area contributed by atoms with Crippen LogP contribution < -0.4 is 15.0 Å². The summed E-state index contributed by atoms with van der Waals surface area (Å²) >= 11 is 0. The van der Waals surface area contributed by atoms with E-state index in [-0.39, 0.29) is 0 Å². The molecule has 2 heterocycles. The van der Waals surface area contributed by atoms with Gasteiger partial charge in [0.2, 0.25) is 0 Å². The Morgan fingerprint density at radius 1 is 1.21 bits per heavy atom. The van der Waals surface area contributed by atoms with Crippen molar-refractivity contribution in [1.82, 2.24) is 9.97 Å². The number of aromatic nitrogens is 2. The molecular formula is C19H26N4O. The van der Waals surface area contributed by atoms with Crippen LogP contribution in [0.15, 0.2) is 30.3 Å². The van der Waals surface area contributed by atoms with Crippen molar-refractivity contribution >= 4 is 11.5 Å². The second-order valence-corrected chi connectivity index (χ2v) is 6.26. The maximum Gasteiger partial charge on any atom is 0.132 e. The van der Waals surface area contributed by atoms with Gasteiger partial charge in [0, 0.05) is 42.6 Å². The standard InChI is InChI=1S/C19H26N4O/c1-4-15-13-19(21-14(2)20-15)23-10-8-16(9-11-23)22-17-6-5-7-18(12-17)24-3/h5-7,12-13,16,22H,4,8-11H2,1-3H3. The lowest BCUT2D eigenvalue weighted by Crippen LogP contribution is -2.39. The van der Waals surface area contributed by atoms with Crippen molar-refractivity contribution in [3.05, 3.63) is 41.9 Å². The molecule has 1 aromatic heterocycles. The molecule has 0 spiro atoms. The molecule has 24 heavy (non-hydrogen) atoms. The fourth-order valence-electron chi connectivity index (χ4n) is 3.16. The van der Waals surface area contributed by atoms with E-state index in [4.69, 9.17) is 4.74 Å². The Hall–Kier alpha value is -2.30. The van der Waals surface area contributed by atoms with Crippen LogP contribution in [0.5, 0.6) is 5.75 Å². The summed E-state index contributed by atoms with van der Waals surface area (Å²) < 4.78 is 5.29. The van der Waals surface area contributed by atoms with Gasteiger partial charge in [-0.15, -0.1) is 0 Å². The van der Waals surface area contributed by atoms with E-state index >= 15 is 0 Å². The summed E-state index contributed by atoms with van der Waals surface area (Å²) in [6.45, 7) is 6.14. The minimum atomic E-state index is 0.488. The van der Waals surface area contributed by atoms with Gasteiger partial charge in [0.15, 0.2) is 0 Å². The molecule has 0 radical (unpaired) electrons. The van der Waals surface area contributed by atoms with Crippen LogP contribution in [0.25, 0.3) is 0 Å². The smallest absolute Gasteiger partial charge is 0.132 e. The van der Waals surface area contributed by atoms with Gasteiger partial charge in [0.05, 0.1) is 7.11 Å². The lowest BCUT2D eigenvalue weighted by molar-refractivity contribution is 0.415. The van der Waals surface area contributed by atoms with Crippen LogP contribution in [-0.4, -0.2) is 36.2 Å². The second-order valence-electron chi connectivity index (χ2n) is 6.26. The monoisotopic (exact) mass is 326 g/mol. The fraction of sp³-hybridized carbons (Fsp3) is 0.474. The van der Waals surface area contributed by atoms with Crippen LogP contribution in [0.3, 0.4) is 0 Å². The number of benzene rings is 1. The normalized spacial score (nSPS) is 15.4. The number of rotatable bonds is 5. The van der Waals surface area contributed by atoms with Crippen molar-refractivity contribution in [3.63, 3.8) is 0 Å². The van der Waals surface area contributed by atoms with Gasteiger partial charge in [-0.1, -0.05) is 13.0 Å². The summed E-state index contributed by atoms with van der Waals surface area (Å²) in [6, 6.07) is 10.7. The summed E-state index contributed by atoms with van der Waals surface area (Å²) in [4.78, 5) is 11.5. The van der Waals surface area contributed by atoms with Crippen molar-refractivity contribution in [2.75, 3.05) is 30.4 Å². The molecule has 1 aliphatic heterocycles. The number of hydrogen-bond donors (Lipinski definition) is 1. The van der Waals surface area contributed by atoms with Crippen molar-refractivity contribution < 1.29 is 4.74 Å². The van der Waals surface area contributed by atoms with Crippen molar-refractivity contribution in [2.24, 2.45) is 0 Å². The van der Waals surface area contributed by atoms with Gasteiger partial charge >= 0.3 is 0 Å². The van der Waals surface area contributed by atoms with Gasteiger partial charge in [0.25, 0.3) is 0 Å². The average molecular weight is 326 g/mol. The minimum Gasteiger partial charge on any atom is -0.497 e. The van der Waals surface area contributed by atoms with E-state index in [1.807, 2.05) is 25.1 Å². The Labute approximate surface area is 144 Å². The number of ether oxygens (including phenoxy) is 1. The Balaban J connectivity index is 1.60. The zero-order valence-corrected chi connectivity index (χ0v) is 14.7. The highest BCUT2D eigenvalue weighted by Crippen LogP contribution is 2.23. The average Bonchev–Trinajstić information content (AvgIpc) is 2.62. The molecule has 0 aliphatic carbocycles. The third kappa shape index (κ3) is 3.96. The molecule has 0 amide bonds. The third-order valence-corrected chi connectivity index (χ3v) is 4.50. The Morgan fingerprint density at radius 3 is 2.71 bits per heavy atom. The first-order chi connectivity index (χ1) is 11.7. The van der Waals surface area contributed by atoms with Gasteiger partial charge in [-0.25, -0.2) is 9.97 Å². The molecule has 0 atom stereocenters. The van der Waals surface area contributed by atoms with E-state index in [0.29, 0.717) is 6.04 Å². The number of nitrogens with zero attached hydrogens (tertiary/aromatic N) is 3. The number of hydrogen-bond acceptors (Lipinski definition) is 5. The highest BCUT2D eigenvalue weighted by atomic mass is 16.5. The maximum atomic E-state index is 5.29. The molecular weight excluding hydrogens is 300 g/mol. The highest BCUT2D eigenvalue weighted by molar-refractivity contribution is 5.49. The van der Waals surface area contributed by atoms with Gasteiger partial charge in [-0.3, -0.25) is 0 Å². The molecule has 1 aliphatic rings. The van der Waals surface area contributed by atoms with Crippen molar-refractivity contribution in [1.29, 1.82) is 0 Å². The van der Waals surface area contributed by atoms with Gasteiger partial charge in [-0.05, 0) is 38.3 Å². The van der Waals surface area contributed by atoms with Crippen LogP contribution in [0, 0.1) is 6.92 Å². The Morgan fingerprint density at radius 2 is 2.00 bits per heavy atom. The van der Waals surface area contributed by atoms with Gasteiger partial charge in [0.1, 0.15) is 17.4 Å². The SMILES string of the molecule is CCc1cc(N2CCC(Nc3cccc(OC)c3)CC2)nc(C)n1. The van der Waals surface area contributed by atoms with Crippen LogP contribution in [-0.2, 0) is 6.42 Å². The van der Waals surface area contributed by atoms with Crippen molar-refractivity contribution in [3.8, 4) is 5.75 Å². The number of piperidine rings is 1. The van der Waals surface area contributed by atoms with Crippen molar-refractivity contribution in [2.45, 2.75) is 39.2 Å². The number of nitrogens with one attached hydrogen (secondary N) is 1. The van der Waals surface area contributed by atoms with Crippen LogP contribution in [0.4, 0.5) is 11.5 Å². The quantitative estimate of drug-likeness (QED) is 0.912. The summed E-state index contributed by atoms with van der Waals surface area (Å²) in [5.41, 5.74) is 2.24. The first-order valence-corrected chi connectivity index (χ1v) is 8.68. The van der Waals surface area contributed by atoms with E-state index in [9.17, 15) is 0 Å². The molecule has 1 N–H and O–H groups in total. The van der Waals surface area contributed by atoms with Gasteiger partial charge < -0.3 is 15.0 Å². The Bertz CT molecular complexity index is 681. The number of methoxy groups -OCH3 is 1. The summed E-state index contributed by atoms with van der Waals surface area (Å²) in [5, 5.41) is 3.62. The largest absolute Gasteiger partial charge is 0.497 e. The molecule has 0 bridgehead atoms. The molecule has 0 unspecified atom stereocenters. The Kier molecular flexibility index (Phi) is 5.18. The van der Waals surface area contributed by atoms with Crippen LogP contribution >= 0.6 is 0 Å². The fourth-order valence-corrected chi connectivity index (χ4v) is 3.16. The topological polar surface area (TPSA) is 50.3 Å². The van der Waals surface area contributed by atoms with E-state index in [1.165, 1.54) is 0 Å². The van der Waals surface area contributed by atoms with E-state index in [1.54, 1.807) is 7.11 Å². The van der Waals surface area contributed by atoms with Crippen LogP contribution in [0.1, 0.15) is 31.3 Å². The zero-order chi connectivity index (χ0) is 16.9. The highest BCUT2D eigenvalue weighted by Gasteiger charge is 2.20. The summed E-state index contributed by atoms with van der Waals surface area (Å²) in [6.07, 6.45) is 3.15. The molecule has 0 saturated carbocycles. The molecule has 128 valence electrons. The van der Waals surface area contributed by atoms with E-state index in [2.05, 4.69) is 39.2 Å². The molecule has 5 heteroatoms. The molecule has 3 rings (SSSR count). The lowest BCUT2D eigenvalue weighted by atomic mass is 10.0. The number of aryl methyl sites for hydroxylation is 2. The molecule has 2 aromatic rings. The minimum absolute atomic E-state index is 0.488. The van der Waals surface area contributed by atoms with Gasteiger partial charge in [-0.2, -0.15) is 0 Å². The van der Waals surface area contributed by atoms with E-state index < -0.39 is 0 Å². The maximum absolute atomic E-state index is 5.29. The first kappa shape index (κ1) is 16.6. The number of anilines is 2. The molecule has 1 aromatic carbocycles. The summed E-state index contributed by atoms with van der Waals surface area (Å²) in [7, 11) is 1.70. The van der Waals surface area contributed by atoms with Crippen LogP contribution in [0.2, 0.25) is 0 Å². The zero-order valence-electron chi connectivity index (χ0n) is 14.7. The lowest BCUT2D eigenvalue weighted by Gasteiger charge is -2.34. The predicted octanol–water partition coefficient (Wildman–Crippen LogP) is 3.44. The predicted molar refractivity (Wildman–Crippen MR) is 98.0 cm³/mol. The third-order valence-electron chi connectivity index (χ3n) is 4.50. The second kappa shape index (κ2) is 7.51. The summed E-state index contributed by atoms with van der Waals surface area (Å²) in [5.74, 6) is 2.82. The van der Waals surface area contributed by atoms with E-state index in [0.717, 1.165) is 61.1 Å². The molecule has 1 fully saturated rings. The molecule has 1 saturated heterocycles.